The fourth-order valence-corrected chi connectivity index (χ4v) is 10.7. The predicted molar refractivity (Wildman–Crippen MR) is 133 cm³/mol. The van der Waals surface area contributed by atoms with Crippen molar-refractivity contribution in [3.8, 4) is 0 Å². The van der Waals surface area contributed by atoms with E-state index in [1.165, 1.54) is 0 Å². The maximum Gasteiger partial charge on any atom is 0.162 e. The van der Waals surface area contributed by atoms with Gasteiger partial charge in [-0.1, -0.05) is 61.0 Å². The third kappa shape index (κ3) is 2.92. The lowest BCUT2D eigenvalue weighted by Gasteiger charge is -2.70. The van der Waals surface area contributed by atoms with Gasteiger partial charge >= 0.3 is 0 Å². The van der Waals surface area contributed by atoms with E-state index >= 15 is 0 Å². The van der Waals surface area contributed by atoms with Crippen molar-refractivity contribution < 1.29 is 24.6 Å². The molecule has 0 bridgehead atoms. The fourth-order valence-electron chi connectivity index (χ4n) is 10.7. The highest BCUT2D eigenvalue weighted by atomic mass is 16.3. The number of aliphatic hydroxyl groups is 2. The number of rotatable bonds is 0. The van der Waals surface area contributed by atoms with Crippen molar-refractivity contribution in [1.82, 2.24) is 0 Å². The lowest BCUT2D eigenvalue weighted by Crippen LogP contribution is -2.70. The summed E-state index contributed by atoms with van der Waals surface area (Å²) in [5.74, 6) is -0.0706. The third-order valence-corrected chi connectivity index (χ3v) is 12.1. The highest BCUT2D eigenvalue weighted by molar-refractivity contribution is 6.02. The van der Waals surface area contributed by atoms with Gasteiger partial charge in [0.2, 0.25) is 0 Å². The Labute approximate surface area is 210 Å². The number of fused-ring (bicyclic) bond motifs is 7. The van der Waals surface area contributed by atoms with E-state index in [0.717, 1.165) is 5.57 Å². The van der Waals surface area contributed by atoms with E-state index < -0.39 is 44.7 Å². The van der Waals surface area contributed by atoms with Gasteiger partial charge in [-0.2, -0.15) is 0 Å². The van der Waals surface area contributed by atoms with Gasteiger partial charge in [-0.15, -0.1) is 0 Å². The molecule has 4 saturated carbocycles. The molecule has 5 nitrogen and oxygen atoms in total. The molecule has 0 heterocycles. The number of hydrogen-bond donors (Lipinski definition) is 2. The Kier molecular flexibility index (Phi) is 5.03. The maximum atomic E-state index is 13.8. The van der Waals surface area contributed by atoms with Crippen molar-refractivity contribution in [2.45, 2.75) is 106 Å². The number of hydrogen-bond acceptors (Lipinski definition) is 5. The summed E-state index contributed by atoms with van der Waals surface area (Å²) in [6, 6.07) is 0. The molecule has 0 radical (unpaired) electrons. The molecule has 5 aliphatic carbocycles. The van der Waals surface area contributed by atoms with Crippen LogP contribution in [0.3, 0.4) is 0 Å². The molecule has 0 aromatic rings. The van der Waals surface area contributed by atoms with Crippen LogP contribution in [0, 0.1) is 50.2 Å². The molecular formula is C30H44O5. The highest BCUT2D eigenvalue weighted by Crippen LogP contribution is 2.74. The quantitative estimate of drug-likeness (QED) is 0.521. The first-order valence-electron chi connectivity index (χ1n) is 13.6. The van der Waals surface area contributed by atoms with Crippen molar-refractivity contribution in [2.75, 3.05) is 0 Å². The van der Waals surface area contributed by atoms with Crippen LogP contribution < -0.4 is 0 Å². The van der Waals surface area contributed by atoms with Crippen LogP contribution in [-0.2, 0) is 14.4 Å². The maximum absolute atomic E-state index is 13.8. The van der Waals surface area contributed by atoms with E-state index in [1.807, 2.05) is 40.7 Å². The van der Waals surface area contributed by atoms with E-state index in [9.17, 15) is 24.6 Å². The lowest BCUT2D eigenvalue weighted by molar-refractivity contribution is -0.225. The zero-order chi connectivity index (χ0) is 26.1. The van der Waals surface area contributed by atoms with E-state index in [0.29, 0.717) is 32.1 Å². The summed E-state index contributed by atoms with van der Waals surface area (Å²) in [6.07, 6.45) is 3.48. The molecule has 0 aliphatic heterocycles. The van der Waals surface area contributed by atoms with Gasteiger partial charge in [-0.25, -0.2) is 0 Å². The normalized spacial score (nSPS) is 52.6. The molecule has 35 heavy (non-hydrogen) atoms. The van der Waals surface area contributed by atoms with Crippen LogP contribution in [0.15, 0.2) is 11.6 Å². The molecule has 0 unspecified atom stereocenters. The first-order chi connectivity index (χ1) is 15.9. The van der Waals surface area contributed by atoms with Crippen molar-refractivity contribution in [3.05, 3.63) is 11.6 Å². The average molecular weight is 485 g/mol. The van der Waals surface area contributed by atoms with Crippen LogP contribution >= 0.6 is 0 Å². The topological polar surface area (TPSA) is 91.7 Å². The van der Waals surface area contributed by atoms with E-state index in [2.05, 4.69) is 20.8 Å². The van der Waals surface area contributed by atoms with Crippen LogP contribution in [0.1, 0.15) is 93.9 Å². The highest BCUT2D eigenvalue weighted by Gasteiger charge is 2.72. The molecule has 2 N–H and O–H groups in total. The molecule has 0 spiro atoms. The molecule has 0 aromatic heterocycles. The second-order valence-corrected chi connectivity index (χ2v) is 15.1. The van der Waals surface area contributed by atoms with Crippen molar-refractivity contribution >= 4 is 17.3 Å². The van der Waals surface area contributed by atoms with Crippen molar-refractivity contribution in [1.29, 1.82) is 0 Å². The minimum atomic E-state index is -0.757. The van der Waals surface area contributed by atoms with E-state index in [1.54, 1.807) is 0 Å². The lowest BCUT2D eigenvalue weighted by atomic mass is 9.33. The van der Waals surface area contributed by atoms with Gasteiger partial charge in [0, 0.05) is 35.0 Å². The van der Waals surface area contributed by atoms with Crippen LogP contribution in [0.4, 0.5) is 0 Å². The number of ketones is 3. The van der Waals surface area contributed by atoms with Gasteiger partial charge in [0.1, 0.15) is 11.6 Å². The Morgan fingerprint density at radius 2 is 1.31 bits per heavy atom. The molecule has 9 atom stereocenters. The molecule has 5 aliphatic rings. The van der Waals surface area contributed by atoms with Gasteiger partial charge in [-0.3, -0.25) is 14.4 Å². The largest absolute Gasteiger partial charge is 0.393 e. The van der Waals surface area contributed by atoms with E-state index in [-0.39, 0.29) is 41.5 Å². The molecule has 5 rings (SSSR count). The minimum Gasteiger partial charge on any atom is -0.393 e. The second-order valence-electron chi connectivity index (χ2n) is 15.1. The number of Topliss-reactive ketones (excluding diaryl/α,β-unsaturated/α-hetero) is 2. The number of aliphatic hydroxyl groups excluding tert-OH is 2. The Morgan fingerprint density at radius 3 is 1.94 bits per heavy atom. The van der Waals surface area contributed by atoms with Crippen molar-refractivity contribution in [2.24, 2.45) is 50.2 Å². The monoisotopic (exact) mass is 484 g/mol. The van der Waals surface area contributed by atoms with Crippen LogP contribution in [0.25, 0.3) is 0 Å². The summed E-state index contributed by atoms with van der Waals surface area (Å²) < 4.78 is 0. The zero-order valence-electron chi connectivity index (χ0n) is 22.8. The van der Waals surface area contributed by atoms with Crippen LogP contribution in [0.5, 0.6) is 0 Å². The smallest absolute Gasteiger partial charge is 0.162 e. The number of carbonyl (C=O) groups excluding carboxylic acids is 3. The predicted octanol–water partition coefficient (Wildman–Crippen LogP) is 4.68. The van der Waals surface area contributed by atoms with Gasteiger partial charge in [0.05, 0.1) is 12.2 Å². The summed E-state index contributed by atoms with van der Waals surface area (Å²) in [5, 5.41) is 23.6. The van der Waals surface area contributed by atoms with E-state index in [4.69, 9.17) is 0 Å². The second kappa shape index (κ2) is 6.95. The standard InChI is InChI=1S/C30H44O5/c1-25(2)14-19-28(6)12-17(32)24-27(5)10-9-20(33)26(3,4)23(27)16(31)13-30(24,8)18(28)11-21(34)29(19,7)15-22(25)35/h11,16-17,19,23-24,31-32H,9-10,12-15H2,1-8H3/t16-,17+,19-,23-,24+,27-,28+,29-,30-/m0/s1. The molecule has 5 heteroatoms. The molecule has 0 saturated heterocycles. The van der Waals surface area contributed by atoms with Gasteiger partial charge in [-0.05, 0) is 59.8 Å². The molecule has 0 amide bonds. The molecular weight excluding hydrogens is 440 g/mol. The first-order valence-corrected chi connectivity index (χ1v) is 13.6. The summed E-state index contributed by atoms with van der Waals surface area (Å²) in [7, 11) is 0. The van der Waals surface area contributed by atoms with Crippen molar-refractivity contribution in [3.63, 3.8) is 0 Å². The van der Waals surface area contributed by atoms with Crippen LogP contribution in [-0.4, -0.2) is 39.8 Å². The number of carbonyl (C=O) groups is 3. The first kappa shape index (κ1) is 25.3. The third-order valence-electron chi connectivity index (χ3n) is 12.1. The molecule has 194 valence electrons. The molecule has 4 fully saturated rings. The average Bonchev–Trinajstić information content (AvgIpc) is 2.69. The molecule has 0 aromatic carbocycles. The van der Waals surface area contributed by atoms with Gasteiger partial charge < -0.3 is 10.2 Å². The Balaban J connectivity index is 1.68. The van der Waals surface area contributed by atoms with Gasteiger partial charge in [0.25, 0.3) is 0 Å². The zero-order valence-corrected chi connectivity index (χ0v) is 22.8. The Bertz CT molecular complexity index is 1050. The van der Waals surface area contributed by atoms with Crippen LogP contribution in [0.2, 0.25) is 0 Å². The summed E-state index contributed by atoms with van der Waals surface area (Å²) in [6.45, 7) is 16.4. The Hall–Kier alpha value is -1.33. The minimum absolute atomic E-state index is 0.0242. The summed E-state index contributed by atoms with van der Waals surface area (Å²) in [5.41, 5.74) is -2.27. The fraction of sp³-hybridized carbons (Fsp3) is 0.833. The Morgan fingerprint density at radius 1 is 0.743 bits per heavy atom. The SMILES string of the molecule is CC1(C)C[C@@H]2[C@](C)(CC1=O)C(=O)C=C1[C@]3(C)C[C@H](O)[C@H]4C(C)(C)C(=O)CC[C@]4(C)[C@H]3[C@H](O)C[C@]12C. The number of allylic oxidation sites excluding steroid dienone is 2. The van der Waals surface area contributed by atoms with Gasteiger partial charge in [0.15, 0.2) is 5.78 Å². The summed E-state index contributed by atoms with van der Waals surface area (Å²) in [4.78, 5) is 39.7. The summed E-state index contributed by atoms with van der Waals surface area (Å²) >= 11 is 0.